The van der Waals surface area contributed by atoms with Crippen LogP contribution < -0.4 is 0 Å². The van der Waals surface area contributed by atoms with Crippen LogP contribution in [0.4, 0.5) is 8.78 Å². The van der Waals surface area contributed by atoms with Crippen molar-refractivity contribution in [3.63, 3.8) is 0 Å². The number of thioether (sulfide) groups is 2. The zero-order valence-electron chi connectivity index (χ0n) is 10.9. The zero-order chi connectivity index (χ0) is 14.8. The highest BCUT2D eigenvalue weighted by atomic mass is 32.2. The molecule has 9 heteroatoms. The van der Waals surface area contributed by atoms with Gasteiger partial charge in [0.25, 0.3) is 0 Å². The Kier molecular flexibility index (Phi) is 4.41. The summed E-state index contributed by atoms with van der Waals surface area (Å²) in [5, 5.41) is 8.00. The quantitative estimate of drug-likeness (QED) is 0.646. The summed E-state index contributed by atoms with van der Waals surface area (Å²) in [4.78, 5) is 4.29. The molecule has 0 amide bonds. The van der Waals surface area contributed by atoms with Gasteiger partial charge in [0.1, 0.15) is 5.82 Å². The molecule has 0 atom stereocenters. The van der Waals surface area contributed by atoms with Crippen LogP contribution in [0.2, 0.25) is 0 Å². The van der Waals surface area contributed by atoms with Crippen molar-refractivity contribution in [2.75, 3.05) is 6.26 Å². The molecule has 2 aromatic heterocycles. The van der Waals surface area contributed by atoms with E-state index in [1.54, 1.807) is 24.3 Å². The van der Waals surface area contributed by atoms with Gasteiger partial charge in [0.15, 0.2) is 8.68 Å². The summed E-state index contributed by atoms with van der Waals surface area (Å²) in [6, 6.07) is 6.91. The minimum Gasteiger partial charge on any atom is -0.269 e. The third kappa shape index (κ3) is 3.04. The van der Waals surface area contributed by atoms with Gasteiger partial charge >= 0.3 is 6.55 Å². The fraction of sp³-hybridized carbons (Fsp3) is 0.250. The van der Waals surface area contributed by atoms with Crippen LogP contribution in [0.1, 0.15) is 12.4 Å². The first-order valence-corrected chi connectivity index (χ1v) is 8.96. The molecule has 0 bridgehead atoms. The molecule has 21 heavy (non-hydrogen) atoms. The van der Waals surface area contributed by atoms with E-state index in [1.807, 2.05) is 6.26 Å². The van der Waals surface area contributed by atoms with E-state index in [9.17, 15) is 8.78 Å². The van der Waals surface area contributed by atoms with E-state index in [1.165, 1.54) is 34.9 Å². The van der Waals surface area contributed by atoms with E-state index in [2.05, 4.69) is 15.2 Å². The van der Waals surface area contributed by atoms with Crippen LogP contribution in [0.15, 0.2) is 32.9 Å². The smallest absolute Gasteiger partial charge is 0.269 e. The van der Waals surface area contributed by atoms with E-state index < -0.39 is 6.55 Å². The Labute approximate surface area is 132 Å². The third-order valence-corrected chi connectivity index (χ3v) is 5.78. The number of nitrogens with zero attached hydrogens (tertiary/aromatic N) is 4. The summed E-state index contributed by atoms with van der Waals surface area (Å²) >= 11 is 4.34. The van der Waals surface area contributed by atoms with Crippen LogP contribution in [0.25, 0.3) is 11.0 Å². The van der Waals surface area contributed by atoms with Crippen molar-refractivity contribution in [2.24, 2.45) is 0 Å². The second-order valence-corrected chi connectivity index (χ2v) is 7.24. The minimum atomic E-state index is -2.61. The van der Waals surface area contributed by atoms with Crippen molar-refractivity contribution >= 4 is 45.9 Å². The minimum absolute atomic E-state index is 0.335. The molecule has 110 valence electrons. The Balaban J connectivity index is 1.87. The molecule has 0 spiro atoms. The summed E-state index contributed by atoms with van der Waals surface area (Å²) < 4.78 is 29.1. The molecule has 0 radical (unpaired) electrons. The molecule has 3 aromatic rings. The van der Waals surface area contributed by atoms with Gasteiger partial charge in [-0.2, -0.15) is 8.78 Å². The van der Waals surface area contributed by atoms with Crippen LogP contribution in [0.3, 0.4) is 0 Å². The number of alkyl halides is 2. The maximum Gasteiger partial charge on any atom is 0.320 e. The first-order chi connectivity index (χ1) is 10.2. The van der Waals surface area contributed by atoms with Crippen LogP contribution in [0.5, 0.6) is 0 Å². The van der Waals surface area contributed by atoms with Crippen molar-refractivity contribution in [1.82, 2.24) is 19.7 Å². The normalized spacial score (nSPS) is 11.6. The summed E-state index contributed by atoms with van der Waals surface area (Å²) in [5.74, 6) is 0.680. The lowest BCUT2D eigenvalue weighted by Gasteiger charge is -2.06. The van der Waals surface area contributed by atoms with Crippen molar-refractivity contribution in [2.45, 2.75) is 21.0 Å². The van der Waals surface area contributed by atoms with Crippen LogP contribution in [-0.2, 0) is 5.75 Å². The Morgan fingerprint density at radius 2 is 2.00 bits per heavy atom. The molecule has 0 fully saturated rings. The number of halogens is 2. The molecule has 2 heterocycles. The van der Waals surface area contributed by atoms with Crippen LogP contribution in [0, 0.1) is 0 Å². The van der Waals surface area contributed by atoms with E-state index in [0.717, 1.165) is 13.2 Å². The summed E-state index contributed by atoms with van der Waals surface area (Å²) in [5.41, 5.74) is 1.03. The second kappa shape index (κ2) is 6.29. The molecule has 0 aliphatic carbocycles. The van der Waals surface area contributed by atoms with E-state index >= 15 is 0 Å². The molecular formula is C12H10F2N4S3. The van der Waals surface area contributed by atoms with Gasteiger partial charge in [-0.1, -0.05) is 47.0 Å². The first kappa shape index (κ1) is 14.7. The van der Waals surface area contributed by atoms with Crippen molar-refractivity contribution < 1.29 is 8.78 Å². The average molecular weight is 344 g/mol. The van der Waals surface area contributed by atoms with Gasteiger partial charge < -0.3 is 0 Å². The number of imidazole rings is 1. The van der Waals surface area contributed by atoms with Crippen LogP contribution in [-0.4, -0.2) is 26.0 Å². The summed E-state index contributed by atoms with van der Waals surface area (Å²) in [6.45, 7) is -2.61. The molecule has 0 saturated carbocycles. The molecular weight excluding hydrogens is 334 g/mol. The lowest BCUT2D eigenvalue weighted by Crippen LogP contribution is -2.03. The second-order valence-electron chi connectivity index (χ2n) is 3.99. The number of benzene rings is 1. The predicted molar refractivity (Wildman–Crippen MR) is 82.2 cm³/mol. The Hall–Kier alpha value is -1.19. The standard InChI is InChI=1S/C12H10F2N4S3/c1-19-11-16-17-12(21-11)20-6-9-15-7-4-2-3-5-8(7)18(9)10(13)14/h2-5,10H,6H2,1H3. The molecule has 4 nitrogen and oxygen atoms in total. The fourth-order valence-corrected chi connectivity index (χ4v) is 4.25. The highest BCUT2D eigenvalue weighted by molar-refractivity contribution is 8.02. The SMILES string of the molecule is CSc1nnc(SCc2nc3ccccc3n2C(F)F)s1. The molecule has 0 N–H and O–H groups in total. The topological polar surface area (TPSA) is 43.6 Å². The van der Waals surface area contributed by atoms with Gasteiger partial charge in [-0.25, -0.2) is 4.98 Å². The summed E-state index contributed by atoms with van der Waals surface area (Å²) in [7, 11) is 0. The lowest BCUT2D eigenvalue weighted by atomic mass is 10.3. The zero-order valence-corrected chi connectivity index (χ0v) is 13.3. The third-order valence-electron chi connectivity index (χ3n) is 2.75. The van der Waals surface area contributed by atoms with E-state index in [4.69, 9.17) is 0 Å². The Morgan fingerprint density at radius 1 is 1.24 bits per heavy atom. The van der Waals surface area contributed by atoms with Gasteiger partial charge in [0.2, 0.25) is 0 Å². The highest BCUT2D eigenvalue weighted by Gasteiger charge is 2.18. The molecule has 1 aromatic carbocycles. The van der Waals surface area contributed by atoms with Crippen molar-refractivity contribution in [3.8, 4) is 0 Å². The van der Waals surface area contributed by atoms with Crippen molar-refractivity contribution in [1.29, 1.82) is 0 Å². The molecule has 0 saturated heterocycles. The Bertz CT molecular complexity index is 756. The summed E-state index contributed by atoms with van der Waals surface area (Å²) in [6.07, 6.45) is 1.92. The molecule has 0 aliphatic heterocycles. The lowest BCUT2D eigenvalue weighted by molar-refractivity contribution is 0.0722. The van der Waals surface area contributed by atoms with E-state index in [-0.39, 0.29) is 0 Å². The largest absolute Gasteiger partial charge is 0.320 e. The fourth-order valence-electron chi connectivity index (χ4n) is 1.88. The number of fused-ring (bicyclic) bond motifs is 1. The number of para-hydroxylation sites is 2. The Morgan fingerprint density at radius 3 is 2.71 bits per heavy atom. The van der Waals surface area contributed by atoms with E-state index in [0.29, 0.717) is 22.6 Å². The maximum absolute atomic E-state index is 13.3. The van der Waals surface area contributed by atoms with Gasteiger partial charge in [-0.3, -0.25) is 4.57 Å². The van der Waals surface area contributed by atoms with Gasteiger partial charge in [-0.15, -0.1) is 10.2 Å². The number of hydrogen-bond donors (Lipinski definition) is 0. The van der Waals surface area contributed by atoms with Gasteiger partial charge in [0, 0.05) is 0 Å². The number of rotatable bonds is 5. The molecule has 3 rings (SSSR count). The van der Waals surface area contributed by atoms with Crippen molar-refractivity contribution in [3.05, 3.63) is 30.1 Å². The molecule has 0 aliphatic rings. The highest BCUT2D eigenvalue weighted by Crippen LogP contribution is 2.31. The predicted octanol–water partition coefficient (Wildman–Crippen LogP) is 4.30. The van der Waals surface area contributed by atoms with Gasteiger partial charge in [-0.05, 0) is 18.4 Å². The van der Waals surface area contributed by atoms with Gasteiger partial charge in [0.05, 0.1) is 16.8 Å². The monoisotopic (exact) mass is 344 g/mol. The van der Waals surface area contributed by atoms with Crippen LogP contribution >= 0.6 is 34.9 Å². The number of hydrogen-bond acceptors (Lipinski definition) is 6. The molecule has 0 unspecified atom stereocenters. The number of aromatic nitrogens is 4. The maximum atomic E-state index is 13.3. The first-order valence-electron chi connectivity index (χ1n) is 5.93. The average Bonchev–Trinajstić information content (AvgIpc) is 3.08.